The van der Waals surface area contributed by atoms with Gasteiger partial charge in [-0.1, -0.05) is 17.7 Å². The fourth-order valence-electron chi connectivity index (χ4n) is 4.31. The molecule has 9 nitrogen and oxygen atoms in total. The molecule has 11 heteroatoms. The van der Waals surface area contributed by atoms with Crippen molar-refractivity contribution in [3.63, 3.8) is 0 Å². The van der Waals surface area contributed by atoms with E-state index >= 15 is 0 Å². The molecular formula is C23H23ClFN3O6. The molecule has 2 aliphatic rings. The summed E-state index contributed by atoms with van der Waals surface area (Å²) >= 11 is 6.43. The minimum atomic E-state index is -0.670. The summed E-state index contributed by atoms with van der Waals surface area (Å²) in [7, 11) is 0. The lowest BCUT2D eigenvalue weighted by Crippen LogP contribution is -2.34. The number of imidazole rings is 1. The molecule has 0 saturated carbocycles. The number of aliphatic hydroxyl groups excluding tert-OH is 1. The number of H-pyrrole nitrogens is 1. The van der Waals surface area contributed by atoms with Crippen LogP contribution in [0.15, 0.2) is 24.3 Å². The molecule has 5 rings (SSSR count). The molecule has 3 aromatic rings. The van der Waals surface area contributed by atoms with Gasteiger partial charge in [-0.15, -0.1) is 0 Å². The number of benzene rings is 1. The number of nitrogens with zero attached hydrogens (tertiary/aromatic N) is 2. The fourth-order valence-corrected chi connectivity index (χ4v) is 4.55. The van der Waals surface area contributed by atoms with Crippen molar-refractivity contribution in [3.05, 3.63) is 51.9 Å². The smallest absolute Gasteiger partial charge is 0.338 e. The van der Waals surface area contributed by atoms with Crippen molar-refractivity contribution < 1.29 is 33.2 Å². The van der Waals surface area contributed by atoms with E-state index in [0.29, 0.717) is 21.9 Å². The maximum atomic E-state index is 14.5. The number of esters is 1. The van der Waals surface area contributed by atoms with Crippen LogP contribution in [-0.4, -0.2) is 70.3 Å². The number of nitrogens with one attached hydrogen (secondary N) is 1. The molecular weight excluding hydrogens is 469 g/mol. The van der Waals surface area contributed by atoms with Gasteiger partial charge in [0.25, 0.3) is 6.01 Å². The molecule has 4 atom stereocenters. The van der Waals surface area contributed by atoms with Crippen LogP contribution in [0.3, 0.4) is 0 Å². The molecule has 2 N–H and O–H groups in total. The lowest BCUT2D eigenvalue weighted by molar-refractivity contribution is 0.00706. The topological polar surface area (TPSA) is 116 Å². The zero-order valence-corrected chi connectivity index (χ0v) is 19.0. The normalized spacial score (nSPS) is 23.9. The van der Waals surface area contributed by atoms with Crippen LogP contribution >= 0.6 is 11.6 Å². The summed E-state index contributed by atoms with van der Waals surface area (Å²) in [5.41, 5.74) is 1.91. The second-order valence-corrected chi connectivity index (χ2v) is 8.54. The Morgan fingerprint density at radius 3 is 2.91 bits per heavy atom. The Labute approximate surface area is 199 Å². The minimum absolute atomic E-state index is 0.186. The SMILES string of the molecule is CCOC(=O)c1cccc(F)c1CCc1nc2nc(O[C@@H]3CO[C@H]4[C@@H]3OC[C@H]4O)[nH]c2cc1Cl. The number of carbonyl (C=O) groups excluding carboxylic acids is 1. The average molecular weight is 492 g/mol. The summed E-state index contributed by atoms with van der Waals surface area (Å²) in [6.07, 6.45) is -1.38. The number of hydrogen-bond donors (Lipinski definition) is 2. The Kier molecular flexibility index (Phi) is 6.39. The van der Waals surface area contributed by atoms with Crippen LogP contribution in [-0.2, 0) is 27.1 Å². The van der Waals surface area contributed by atoms with Crippen molar-refractivity contribution >= 4 is 28.7 Å². The number of halogens is 2. The summed E-state index contributed by atoms with van der Waals surface area (Å²) < 4.78 is 36.6. The van der Waals surface area contributed by atoms with Crippen molar-refractivity contribution in [1.82, 2.24) is 15.0 Å². The van der Waals surface area contributed by atoms with Crippen molar-refractivity contribution in [2.75, 3.05) is 19.8 Å². The number of fused-ring (bicyclic) bond motifs is 2. The number of ether oxygens (including phenoxy) is 4. The molecule has 0 spiro atoms. The highest BCUT2D eigenvalue weighted by Gasteiger charge is 2.48. The molecule has 180 valence electrons. The molecule has 2 saturated heterocycles. The lowest BCUT2D eigenvalue weighted by atomic mass is 10.0. The summed E-state index contributed by atoms with van der Waals surface area (Å²) in [4.78, 5) is 24.1. The van der Waals surface area contributed by atoms with E-state index in [1.54, 1.807) is 13.0 Å². The molecule has 0 bridgehead atoms. The summed E-state index contributed by atoms with van der Waals surface area (Å²) in [6.45, 7) is 2.37. The molecule has 0 unspecified atom stereocenters. The Hall–Kier alpha value is -2.79. The van der Waals surface area contributed by atoms with Crippen LogP contribution in [0.1, 0.15) is 28.5 Å². The first-order valence-electron chi connectivity index (χ1n) is 11.0. The van der Waals surface area contributed by atoms with Crippen molar-refractivity contribution in [1.29, 1.82) is 0 Å². The van der Waals surface area contributed by atoms with Crippen LogP contribution in [0.4, 0.5) is 4.39 Å². The van der Waals surface area contributed by atoms with Crippen LogP contribution in [0, 0.1) is 5.82 Å². The first-order valence-corrected chi connectivity index (χ1v) is 11.4. The van der Waals surface area contributed by atoms with Crippen LogP contribution in [0.25, 0.3) is 11.2 Å². The Bertz CT molecular complexity index is 1220. The van der Waals surface area contributed by atoms with Gasteiger partial charge in [-0.25, -0.2) is 14.2 Å². The number of aryl methyl sites for hydroxylation is 1. The van der Waals surface area contributed by atoms with Crippen LogP contribution < -0.4 is 4.74 Å². The number of rotatable bonds is 7. The van der Waals surface area contributed by atoms with Gasteiger partial charge in [0.05, 0.1) is 41.6 Å². The van der Waals surface area contributed by atoms with Crippen molar-refractivity contribution in [3.8, 4) is 6.01 Å². The largest absolute Gasteiger partial charge is 0.462 e. The number of hydrogen-bond acceptors (Lipinski definition) is 8. The molecule has 4 heterocycles. The highest BCUT2D eigenvalue weighted by Crippen LogP contribution is 2.30. The number of carbonyl (C=O) groups is 1. The van der Waals surface area contributed by atoms with E-state index in [-0.39, 0.29) is 55.9 Å². The van der Waals surface area contributed by atoms with Crippen LogP contribution in [0.2, 0.25) is 5.02 Å². The monoisotopic (exact) mass is 491 g/mol. The maximum absolute atomic E-state index is 14.5. The Balaban J connectivity index is 1.33. The van der Waals surface area contributed by atoms with Gasteiger partial charge >= 0.3 is 5.97 Å². The number of aromatic amines is 1. The summed E-state index contributed by atoms with van der Waals surface area (Å²) in [5, 5.41) is 10.3. The molecule has 2 fully saturated rings. The van der Waals surface area contributed by atoms with Gasteiger partial charge in [0.2, 0.25) is 0 Å². The maximum Gasteiger partial charge on any atom is 0.338 e. The molecule has 0 radical (unpaired) electrons. The summed E-state index contributed by atoms with van der Waals surface area (Å²) in [6, 6.07) is 6.22. The molecule has 2 aromatic heterocycles. The van der Waals surface area contributed by atoms with E-state index < -0.39 is 30.1 Å². The number of aliphatic hydroxyl groups is 1. The van der Waals surface area contributed by atoms with E-state index in [1.165, 1.54) is 18.2 Å². The first-order chi connectivity index (χ1) is 16.4. The minimum Gasteiger partial charge on any atom is -0.462 e. The van der Waals surface area contributed by atoms with E-state index in [9.17, 15) is 14.3 Å². The summed E-state index contributed by atoms with van der Waals surface area (Å²) in [5.74, 6) is -1.06. The number of aromatic nitrogens is 3. The van der Waals surface area contributed by atoms with Gasteiger partial charge in [0.15, 0.2) is 11.8 Å². The van der Waals surface area contributed by atoms with Gasteiger partial charge in [0, 0.05) is 5.56 Å². The van der Waals surface area contributed by atoms with Gasteiger partial charge in [-0.05, 0) is 38.0 Å². The molecule has 1 aromatic carbocycles. The highest BCUT2D eigenvalue weighted by molar-refractivity contribution is 6.31. The van der Waals surface area contributed by atoms with E-state index in [1.807, 2.05) is 0 Å². The Morgan fingerprint density at radius 1 is 1.26 bits per heavy atom. The predicted octanol–water partition coefficient (Wildman–Crippen LogP) is 2.62. The van der Waals surface area contributed by atoms with Gasteiger partial charge in [-0.3, -0.25) is 0 Å². The third-order valence-electron chi connectivity index (χ3n) is 5.95. The molecule has 34 heavy (non-hydrogen) atoms. The Morgan fingerprint density at radius 2 is 2.09 bits per heavy atom. The lowest BCUT2D eigenvalue weighted by Gasteiger charge is -2.15. The second kappa shape index (κ2) is 9.46. The van der Waals surface area contributed by atoms with Gasteiger partial charge in [0.1, 0.15) is 24.1 Å². The predicted molar refractivity (Wildman–Crippen MR) is 119 cm³/mol. The zero-order valence-electron chi connectivity index (χ0n) is 18.3. The fraction of sp³-hybridized carbons (Fsp3) is 0.435. The van der Waals surface area contributed by atoms with E-state index in [0.717, 1.165) is 0 Å². The average Bonchev–Trinajstić information content (AvgIpc) is 3.49. The molecule has 0 amide bonds. The van der Waals surface area contributed by atoms with E-state index in [4.69, 9.17) is 30.5 Å². The van der Waals surface area contributed by atoms with Gasteiger partial charge in [-0.2, -0.15) is 4.98 Å². The third kappa shape index (κ3) is 4.34. The number of pyridine rings is 1. The van der Waals surface area contributed by atoms with E-state index in [2.05, 4.69) is 15.0 Å². The first kappa shape index (κ1) is 23.0. The molecule has 2 aliphatic heterocycles. The molecule has 0 aliphatic carbocycles. The standard InChI is InChI=1S/C23H23ClFN3O6/c1-2-31-22(30)12-4-3-5-14(25)11(12)6-7-15-13(24)8-16-21(26-15)28-23(27-16)34-18-10-33-19-17(29)9-32-20(18)19/h3-5,8,17-20,29H,2,6-7,9-10H2,1H3,(H,26,27,28)/t17-,18-,19-,20-/m1/s1. The van der Waals surface area contributed by atoms with Crippen molar-refractivity contribution in [2.24, 2.45) is 0 Å². The van der Waals surface area contributed by atoms with Crippen molar-refractivity contribution in [2.45, 2.75) is 44.2 Å². The highest BCUT2D eigenvalue weighted by atomic mass is 35.5. The quantitative estimate of drug-likeness (QED) is 0.485. The second-order valence-electron chi connectivity index (χ2n) is 8.14. The van der Waals surface area contributed by atoms with Crippen LogP contribution in [0.5, 0.6) is 6.01 Å². The zero-order chi connectivity index (χ0) is 23.8. The third-order valence-corrected chi connectivity index (χ3v) is 6.28. The van der Waals surface area contributed by atoms with Gasteiger partial charge < -0.3 is 29.0 Å².